The van der Waals surface area contributed by atoms with Crippen LogP contribution in [0.3, 0.4) is 0 Å². The summed E-state index contributed by atoms with van der Waals surface area (Å²) < 4.78 is 58.8. The molecular weight excluding hydrogens is 666 g/mol. The van der Waals surface area contributed by atoms with Gasteiger partial charge in [-0.05, 0) is 54.6 Å². The van der Waals surface area contributed by atoms with Crippen LogP contribution >= 0.6 is 22.9 Å². The number of amides is 1. The average molecular weight is 686 g/mol. The zero-order chi connectivity index (χ0) is 34.0. The molecule has 48 heavy (non-hydrogen) atoms. The molecule has 2 heterocycles. The fourth-order valence-electron chi connectivity index (χ4n) is 4.93. The van der Waals surface area contributed by atoms with Gasteiger partial charge >= 0.3 is 6.18 Å². The Morgan fingerprint density at radius 2 is 1.67 bits per heavy atom. The number of hydrogen-bond donors (Lipinski definition) is 1. The second kappa shape index (κ2) is 13.2. The summed E-state index contributed by atoms with van der Waals surface area (Å²) in [5, 5.41) is 17.5. The number of nitriles is 1. The van der Waals surface area contributed by atoms with Crippen LogP contribution in [0.1, 0.15) is 11.1 Å². The Kier molecular flexibility index (Phi) is 8.82. The first-order chi connectivity index (χ1) is 23.0. The second-order valence-corrected chi connectivity index (χ2v) is 11.7. The van der Waals surface area contributed by atoms with E-state index >= 15 is 0 Å². The number of hydrogen-bond acceptors (Lipinski definition) is 5. The highest BCUT2D eigenvalue weighted by Crippen LogP contribution is 2.33. The molecule has 0 unspecified atom stereocenters. The first kappa shape index (κ1) is 32.2. The molecule has 0 aliphatic heterocycles. The van der Waals surface area contributed by atoms with E-state index in [1.54, 1.807) is 41.2 Å². The molecule has 1 N–H and O–H groups in total. The number of halogens is 5. The van der Waals surface area contributed by atoms with E-state index in [0.717, 1.165) is 24.3 Å². The number of para-hydroxylation sites is 3. The van der Waals surface area contributed by atoms with Gasteiger partial charge in [-0.15, -0.1) is 11.3 Å². The third kappa shape index (κ3) is 6.42. The van der Waals surface area contributed by atoms with Crippen molar-refractivity contribution in [3.8, 4) is 28.7 Å². The smallest absolute Gasteiger partial charge is 0.319 e. The Hall–Kier alpha value is -5.77. The molecule has 2 aromatic heterocycles. The van der Waals surface area contributed by atoms with Gasteiger partial charge < -0.3 is 5.32 Å². The van der Waals surface area contributed by atoms with E-state index in [9.17, 15) is 32.4 Å². The maximum absolute atomic E-state index is 14.4. The summed E-state index contributed by atoms with van der Waals surface area (Å²) in [5.74, 6) is -1.92. The van der Waals surface area contributed by atoms with Gasteiger partial charge in [0.25, 0.3) is 11.5 Å². The molecule has 0 saturated heterocycles. The van der Waals surface area contributed by atoms with Crippen molar-refractivity contribution in [1.29, 1.82) is 5.26 Å². The molecule has 0 fully saturated rings. The Labute approximate surface area is 278 Å². The number of alkyl halides is 3. The molecule has 4 aromatic carbocycles. The van der Waals surface area contributed by atoms with Gasteiger partial charge in [0.2, 0.25) is 0 Å². The van der Waals surface area contributed by atoms with Gasteiger partial charge in [0, 0.05) is 22.3 Å². The SMILES string of the molecule is N#C/C(C(=O)Nc1ccccc1F)=c1/s/c(=C\c2cn(-c3ccccc3)nc2-c2cccc(Cl)c2)c(=O)n1-c1ccccc1C(F)(F)F. The standard InChI is InChI=1S/C35H20ClF4N5O2S/c36-23-10-8-9-21(17-23)31-22(20-44(43-31)24-11-2-1-3-12-24)18-30-33(47)45(29-16-7-4-13-26(29)35(38,39)40)34(48-30)25(19-41)32(46)42-28-15-6-5-14-27(28)37/h1-18,20H,(H,42,46)/b30-18-,34-25-. The lowest BCUT2D eigenvalue weighted by Gasteiger charge is -2.13. The van der Waals surface area contributed by atoms with Crippen molar-refractivity contribution in [3.63, 3.8) is 0 Å². The van der Waals surface area contributed by atoms with Crippen molar-refractivity contribution < 1.29 is 22.4 Å². The topological polar surface area (TPSA) is 92.7 Å². The van der Waals surface area contributed by atoms with Gasteiger partial charge in [-0.1, -0.05) is 66.2 Å². The molecule has 0 aliphatic rings. The number of nitrogens with zero attached hydrogens (tertiary/aromatic N) is 4. The van der Waals surface area contributed by atoms with E-state index in [2.05, 4.69) is 5.32 Å². The summed E-state index contributed by atoms with van der Waals surface area (Å²) in [6.07, 6.45) is -1.83. The summed E-state index contributed by atoms with van der Waals surface area (Å²) in [6.45, 7) is 0. The lowest BCUT2D eigenvalue weighted by atomic mass is 10.1. The maximum atomic E-state index is 14.4. The minimum Gasteiger partial charge on any atom is -0.319 e. The molecule has 0 radical (unpaired) electrons. The number of carbonyl (C=O) groups is 1. The van der Waals surface area contributed by atoms with Crippen LogP contribution in [0.4, 0.5) is 23.2 Å². The quantitative estimate of drug-likeness (QED) is 0.198. The number of rotatable bonds is 6. The van der Waals surface area contributed by atoms with Crippen molar-refractivity contribution in [3.05, 3.63) is 151 Å². The Bertz CT molecular complexity index is 2410. The number of thiazole rings is 1. The summed E-state index contributed by atoms with van der Waals surface area (Å²) >= 11 is 6.90. The highest BCUT2D eigenvalue weighted by Gasteiger charge is 2.34. The molecule has 0 saturated carbocycles. The Balaban J connectivity index is 1.65. The predicted molar refractivity (Wildman–Crippen MR) is 176 cm³/mol. The molecule has 0 spiro atoms. The Morgan fingerprint density at radius 1 is 0.958 bits per heavy atom. The highest BCUT2D eigenvalue weighted by molar-refractivity contribution is 7.07. The third-order valence-corrected chi connectivity index (χ3v) is 8.42. The zero-order valence-corrected chi connectivity index (χ0v) is 25.9. The van der Waals surface area contributed by atoms with E-state index in [1.165, 1.54) is 30.3 Å². The number of anilines is 1. The van der Waals surface area contributed by atoms with Crippen molar-refractivity contribution in [2.24, 2.45) is 0 Å². The first-order valence-corrected chi connectivity index (χ1v) is 15.3. The molecule has 0 aliphatic carbocycles. The molecular formula is C35H20ClF4N5O2S. The van der Waals surface area contributed by atoms with Crippen molar-refractivity contribution in [1.82, 2.24) is 14.3 Å². The van der Waals surface area contributed by atoms with Crippen LogP contribution in [0.2, 0.25) is 5.02 Å². The number of nitrogens with one attached hydrogen (secondary N) is 1. The number of aromatic nitrogens is 3. The van der Waals surface area contributed by atoms with Crippen molar-refractivity contribution >= 4 is 46.2 Å². The summed E-state index contributed by atoms with van der Waals surface area (Å²) in [6, 6.07) is 27.1. The van der Waals surface area contributed by atoms with Gasteiger partial charge in [-0.25, -0.2) is 9.07 Å². The first-order valence-electron chi connectivity index (χ1n) is 14.1. The van der Waals surface area contributed by atoms with Crippen LogP contribution in [0, 0.1) is 17.1 Å². The molecule has 0 atom stereocenters. The fraction of sp³-hybridized carbons (Fsp3) is 0.0286. The normalized spacial score (nSPS) is 12.5. The van der Waals surface area contributed by atoms with Crippen molar-refractivity contribution in [2.75, 3.05) is 5.32 Å². The molecule has 6 rings (SSSR count). The lowest BCUT2D eigenvalue weighted by Crippen LogP contribution is -2.33. The van der Waals surface area contributed by atoms with Gasteiger partial charge in [0.05, 0.1) is 27.2 Å². The molecule has 1 amide bonds. The maximum Gasteiger partial charge on any atom is 0.418 e. The fourth-order valence-corrected chi connectivity index (χ4v) is 6.20. The van der Waals surface area contributed by atoms with E-state index in [4.69, 9.17) is 16.7 Å². The average Bonchev–Trinajstić information content (AvgIpc) is 3.63. The van der Waals surface area contributed by atoms with Crippen LogP contribution in [-0.4, -0.2) is 20.3 Å². The molecule has 13 heteroatoms. The second-order valence-electron chi connectivity index (χ2n) is 10.2. The monoisotopic (exact) mass is 685 g/mol. The van der Waals surface area contributed by atoms with Crippen LogP contribution in [-0.2, 0) is 11.0 Å². The minimum absolute atomic E-state index is 0.107. The molecule has 0 bridgehead atoms. The van der Waals surface area contributed by atoms with Crippen LogP contribution in [0.15, 0.2) is 114 Å². The van der Waals surface area contributed by atoms with Crippen LogP contribution < -0.4 is 20.1 Å². The minimum atomic E-state index is -4.89. The van der Waals surface area contributed by atoms with Gasteiger partial charge in [0.1, 0.15) is 22.2 Å². The number of carbonyl (C=O) groups excluding carboxylic acids is 1. The number of benzene rings is 4. The largest absolute Gasteiger partial charge is 0.418 e. The summed E-state index contributed by atoms with van der Waals surface area (Å²) in [5.41, 5.74) is -1.57. The highest BCUT2D eigenvalue weighted by atomic mass is 35.5. The predicted octanol–water partition coefficient (Wildman–Crippen LogP) is 6.70. The van der Waals surface area contributed by atoms with Crippen LogP contribution in [0.25, 0.3) is 34.3 Å². The van der Waals surface area contributed by atoms with Gasteiger partial charge in [-0.2, -0.15) is 23.5 Å². The molecule has 238 valence electrons. The molecule has 6 aromatic rings. The van der Waals surface area contributed by atoms with E-state index in [-0.39, 0.29) is 14.9 Å². The van der Waals surface area contributed by atoms with Gasteiger partial charge in [0.15, 0.2) is 5.57 Å². The van der Waals surface area contributed by atoms with E-state index < -0.39 is 40.3 Å². The van der Waals surface area contributed by atoms with Crippen LogP contribution in [0.5, 0.6) is 0 Å². The summed E-state index contributed by atoms with van der Waals surface area (Å²) in [4.78, 5) is 27.5. The van der Waals surface area contributed by atoms with E-state index in [1.807, 2.05) is 30.3 Å². The van der Waals surface area contributed by atoms with E-state index in [0.29, 0.717) is 43.4 Å². The Morgan fingerprint density at radius 3 is 2.38 bits per heavy atom. The van der Waals surface area contributed by atoms with Crippen molar-refractivity contribution in [2.45, 2.75) is 6.18 Å². The third-order valence-electron chi connectivity index (χ3n) is 7.10. The van der Waals surface area contributed by atoms with Gasteiger partial charge in [-0.3, -0.25) is 14.2 Å². The lowest BCUT2D eigenvalue weighted by molar-refractivity contribution is -0.137. The summed E-state index contributed by atoms with van der Waals surface area (Å²) in [7, 11) is 0. The zero-order valence-electron chi connectivity index (χ0n) is 24.4. The molecule has 7 nitrogen and oxygen atoms in total.